The first-order valence-corrected chi connectivity index (χ1v) is 10.7. The molecule has 0 radical (unpaired) electrons. The van der Waals surface area contributed by atoms with Crippen molar-refractivity contribution in [1.82, 2.24) is 9.88 Å². The summed E-state index contributed by atoms with van der Waals surface area (Å²) in [5.74, 6) is -1.12. The van der Waals surface area contributed by atoms with E-state index in [1.165, 1.54) is 41.3 Å². The van der Waals surface area contributed by atoms with Crippen molar-refractivity contribution in [2.24, 2.45) is 0 Å². The van der Waals surface area contributed by atoms with Gasteiger partial charge in [0.05, 0.1) is 0 Å². The summed E-state index contributed by atoms with van der Waals surface area (Å²) in [4.78, 5) is 37.9. The van der Waals surface area contributed by atoms with Gasteiger partial charge in [0.25, 0.3) is 17.4 Å². The van der Waals surface area contributed by atoms with Crippen LogP contribution in [0.1, 0.15) is 52.8 Å². The summed E-state index contributed by atoms with van der Waals surface area (Å²) < 4.78 is 14.4. The normalized spacial score (nSPS) is 14.0. The highest BCUT2D eigenvalue weighted by molar-refractivity contribution is 6.04. The third kappa shape index (κ3) is 4.94. The van der Waals surface area contributed by atoms with Crippen molar-refractivity contribution >= 4 is 17.5 Å². The first-order valence-electron chi connectivity index (χ1n) is 10.7. The molecule has 6 nitrogen and oxygen atoms in total. The van der Waals surface area contributed by atoms with Gasteiger partial charge in [0.15, 0.2) is 0 Å². The zero-order chi connectivity index (χ0) is 22.5. The predicted octanol–water partition coefficient (Wildman–Crippen LogP) is 4.29. The summed E-state index contributed by atoms with van der Waals surface area (Å²) in [5, 5.41) is 5.71. The quantitative estimate of drug-likeness (QED) is 0.630. The molecule has 4 rings (SSSR count). The molecule has 1 saturated carbocycles. The van der Waals surface area contributed by atoms with Crippen molar-refractivity contribution in [2.45, 2.75) is 38.1 Å². The van der Waals surface area contributed by atoms with Gasteiger partial charge in [-0.15, -0.1) is 0 Å². The second kappa shape index (κ2) is 9.60. The van der Waals surface area contributed by atoms with E-state index in [9.17, 15) is 18.8 Å². The van der Waals surface area contributed by atoms with Crippen LogP contribution in [0.4, 0.5) is 10.1 Å². The molecular formula is C25H24FN3O3. The van der Waals surface area contributed by atoms with Crippen LogP contribution in [0.3, 0.4) is 0 Å². The summed E-state index contributed by atoms with van der Waals surface area (Å²) >= 11 is 0. The second-order valence-corrected chi connectivity index (χ2v) is 7.91. The van der Waals surface area contributed by atoms with Crippen LogP contribution >= 0.6 is 0 Å². The van der Waals surface area contributed by atoms with Gasteiger partial charge >= 0.3 is 0 Å². The first kappa shape index (κ1) is 21.5. The van der Waals surface area contributed by atoms with E-state index in [0.29, 0.717) is 16.9 Å². The molecule has 7 heteroatoms. The number of nitrogens with one attached hydrogen (secondary N) is 2. The lowest BCUT2D eigenvalue weighted by Gasteiger charge is -2.22. The van der Waals surface area contributed by atoms with Crippen molar-refractivity contribution in [1.29, 1.82) is 0 Å². The van der Waals surface area contributed by atoms with Crippen molar-refractivity contribution in [3.8, 4) is 5.69 Å². The van der Waals surface area contributed by atoms with Crippen LogP contribution < -0.4 is 16.2 Å². The SMILES string of the molecule is O=C(Nc1ccc(-n2cccc(C(=O)NC3CCCCC3)c2=O)cc1)c1ccc(F)cc1. The number of anilines is 1. The minimum atomic E-state index is -0.411. The van der Waals surface area contributed by atoms with Crippen molar-refractivity contribution in [2.75, 3.05) is 5.32 Å². The average molecular weight is 433 g/mol. The molecule has 1 fully saturated rings. The summed E-state index contributed by atoms with van der Waals surface area (Å²) in [6.45, 7) is 0. The van der Waals surface area contributed by atoms with Gasteiger partial charge in [-0.05, 0) is 73.5 Å². The maximum absolute atomic E-state index is 13.0. The van der Waals surface area contributed by atoms with Crippen LogP contribution in [0, 0.1) is 5.82 Å². The third-order valence-electron chi connectivity index (χ3n) is 5.64. The minimum Gasteiger partial charge on any atom is -0.349 e. The van der Waals surface area contributed by atoms with E-state index in [1.807, 2.05) is 0 Å². The molecule has 0 bridgehead atoms. The number of hydrogen-bond acceptors (Lipinski definition) is 3. The van der Waals surface area contributed by atoms with Gasteiger partial charge in [-0.3, -0.25) is 19.0 Å². The van der Waals surface area contributed by atoms with Gasteiger partial charge in [-0.1, -0.05) is 19.3 Å². The smallest absolute Gasteiger partial charge is 0.267 e. The molecule has 1 heterocycles. The van der Waals surface area contributed by atoms with E-state index in [1.54, 1.807) is 36.5 Å². The first-order chi connectivity index (χ1) is 15.5. The maximum atomic E-state index is 13.0. The van der Waals surface area contributed by atoms with Crippen molar-refractivity contribution in [3.05, 3.63) is 94.2 Å². The molecule has 0 saturated heterocycles. The fraction of sp³-hybridized carbons (Fsp3) is 0.240. The van der Waals surface area contributed by atoms with Crippen molar-refractivity contribution < 1.29 is 14.0 Å². The molecule has 164 valence electrons. The molecule has 32 heavy (non-hydrogen) atoms. The lowest BCUT2D eigenvalue weighted by molar-refractivity contribution is 0.0925. The molecule has 0 unspecified atom stereocenters. The maximum Gasteiger partial charge on any atom is 0.267 e. The predicted molar refractivity (Wildman–Crippen MR) is 121 cm³/mol. The fourth-order valence-corrected chi connectivity index (χ4v) is 3.89. The number of pyridine rings is 1. The Balaban J connectivity index is 1.48. The monoisotopic (exact) mass is 433 g/mol. The number of rotatable bonds is 5. The van der Waals surface area contributed by atoms with E-state index >= 15 is 0 Å². The second-order valence-electron chi connectivity index (χ2n) is 7.91. The van der Waals surface area contributed by atoms with E-state index in [4.69, 9.17) is 0 Å². The number of amides is 2. The van der Waals surface area contributed by atoms with Crippen LogP contribution in [0.25, 0.3) is 5.69 Å². The van der Waals surface area contributed by atoms with Crippen LogP contribution in [-0.2, 0) is 0 Å². The van der Waals surface area contributed by atoms with E-state index < -0.39 is 11.4 Å². The van der Waals surface area contributed by atoms with Crippen LogP contribution in [0.15, 0.2) is 71.7 Å². The number of hydrogen-bond donors (Lipinski definition) is 2. The van der Waals surface area contributed by atoms with Gasteiger partial charge in [-0.2, -0.15) is 0 Å². The Morgan fingerprint density at radius 1 is 0.875 bits per heavy atom. The Hall–Kier alpha value is -3.74. The topological polar surface area (TPSA) is 80.2 Å². The highest BCUT2D eigenvalue weighted by Crippen LogP contribution is 2.18. The Bertz CT molecular complexity index is 1160. The van der Waals surface area contributed by atoms with Gasteiger partial charge in [0, 0.05) is 29.2 Å². The molecule has 1 aliphatic rings. The lowest BCUT2D eigenvalue weighted by atomic mass is 9.95. The number of carbonyl (C=O) groups is 2. The Morgan fingerprint density at radius 3 is 2.25 bits per heavy atom. The van der Waals surface area contributed by atoms with E-state index in [-0.39, 0.29) is 23.4 Å². The summed E-state index contributed by atoms with van der Waals surface area (Å²) in [6, 6.07) is 15.3. The molecule has 0 atom stereocenters. The lowest BCUT2D eigenvalue weighted by Crippen LogP contribution is -2.39. The molecule has 1 aromatic heterocycles. The highest BCUT2D eigenvalue weighted by Gasteiger charge is 2.19. The number of carbonyl (C=O) groups excluding carboxylic acids is 2. The molecule has 2 amide bonds. The van der Waals surface area contributed by atoms with Gasteiger partial charge in [-0.25, -0.2) is 4.39 Å². The minimum absolute atomic E-state index is 0.103. The number of halogens is 1. The highest BCUT2D eigenvalue weighted by atomic mass is 19.1. The van der Waals surface area contributed by atoms with Gasteiger partial charge < -0.3 is 10.6 Å². The van der Waals surface area contributed by atoms with Gasteiger partial charge in [0.2, 0.25) is 0 Å². The largest absolute Gasteiger partial charge is 0.349 e. The average Bonchev–Trinajstić information content (AvgIpc) is 2.81. The van der Waals surface area contributed by atoms with E-state index in [2.05, 4.69) is 10.6 Å². The Labute approximate surface area is 185 Å². The van der Waals surface area contributed by atoms with Crippen LogP contribution in [0.2, 0.25) is 0 Å². The van der Waals surface area contributed by atoms with Gasteiger partial charge in [0.1, 0.15) is 11.4 Å². The van der Waals surface area contributed by atoms with Crippen LogP contribution in [-0.4, -0.2) is 22.4 Å². The number of nitrogens with zero attached hydrogens (tertiary/aromatic N) is 1. The molecule has 3 aromatic rings. The molecule has 0 aliphatic heterocycles. The van der Waals surface area contributed by atoms with Crippen LogP contribution in [0.5, 0.6) is 0 Å². The standard InChI is InChI=1S/C25H24FN3O3/c26-18-10-8-17(9-11-18)23(30)27-20-12-14-21(15-13-20)29-16-4-7-22(25(29)32)24(31)28-19-5-2-1-3-6-19/h4,7-16,19H,1-3,5-6H2,(H,27,30)(H,28,31). The third-order valence-corrected chi connectivity index (χ3v) is 5.64. The number of aromatic nitrogens is 1. The fourth-order valence-electron chi connectivity index (χ4n) is 3.89. The zero-order valence-corrected chi connectivity index (χ0v) is 17.5. The number of benzene rings is 2. The molecule has 2 N–H and O–H groups in total. The molecule has 0 spiro atoms. The molecular weight excluding hydrogens is 409 g/mol. The molecule has 1 aliphatic carbocycles. The summed E-state index contributed by atoms with van der Waals surface area (Å²) in [6.07, 6.45) is 6.86. The summed E-state index contributed by atoms with van der Waals surface area (Å²) in [7, 11) is 0. The summed E-state index contributed by atoms with van der Waals surface area (Å²) in [5.41, 5.74) is 1.14. The Kier molecular flexibility index (Phi) is 6.44. The van der Waals surface area contributed by atoms with E-state index in [0.717, 1.165) is 25.7 Å². The Morgan fingerprint density at radius 2 is 1.56 bits per heavy atom. The molecule has 2 aromatic carbocycles. The van der Waals surface area contributed by atoms with Crippen molar-refractivity contribution in [3.63, 3.8) is 0 Å². The zero-order valence-electron chi connectivity index (χ0n) is 17.5.